The van der Waals surface area contributed by atoms with Gasteiger partial charge in [0.05, 0.1) is 0 Å². The van der Waals surface area contributed by atoms with Crippen molar-refractivity contribution >= 4 is 39.1 Å². The van der Waals surface area contributed by atoms with E-state index in [2.05, 4.69) is 15.9 Å². The smallest absolute Gasteiger partial charge is 0.129 e. The number of benzene rings is 2. The molecule has 0 amide bonds. The van der Waals surface area contributed by atoms with Crippen LogP contribution in [0.5, 0.6) is 0 Å². The molecule has 0 aromatic heterocycles. The van der Waals surface area contributed by atoms with Crippen molar-refractivity contribution in [2.45, 2.75) is 11.2 Å². The molecule has 0 spiro atoms. The molecule has 0 saturated heterocycles. The maximum absolute atomic E-state index is 13.8. The monoisotopic (exact) mass is 346 g/mol. The molecule has 0 fully saturated rings. The molecule has 2 aromatic rings. The zero-order valence-corrected chi connectivity index (χ0v) is 12.4. The van der Waals surface area contributed by atoms with Crippen LogP contribution in [0.3, 0.4) is 0 Å². The lowest BCUT2D eigenvalue weighted by atomic mass is 10.0. The molecule has 94 valence electrons. The predicted molar refractivity (Wildman–Crippen MR) is 78.2 cm³/mol. The van der Waals surface area contributed by atoms with Crippen molar-refractivity contribution in [2.75, 3.05) is 0 Å². The summed E-state index contributed by atoms with van der Waals surface area (Å²) in [6.07, 6.45) is 0.623. The first-order valence-electron chi connectivity index (χ1n) is 5.40. The molecule has 0 N–H and O–H groups in total. The zero-order valence-electron chi connectivity index (χ0n) is 9.34. The van der Waals surface area contributed by atoms with Crippen LogP contribution in [0.2, 0.25) is 10.0 Å². The molecule has 0 saturated carbocycles. The summed E-state index contributed by atoms with van der Waals surface area (Å²) in [6, 6.07) is 12.2. The van der Waals surface area contributed by atoms with E-state index in [9.17, 15) is 4.39 Å². The third-order valence-corrected chi connectivity index (χ3v) is 4.08. The van der Waals surface area contributed by atoms with Gasteiger partial charge >= 0.3 is 0 Å². The maximum atomic E-state index is 13.8. The Balaban J connectivity index is 2.22. The van der Waals surface area contributed by atoms with Gasteiger partial charge in [0.25, 0.3) is 0 Å². The largest absolute Gasteiger partial charge is 0.207 e. The van der Waals surface area contributed by atoms with Gasteiger partial charge in [0.15, 0.2) is 0 Å². The van der Waals surface area contributed by atoms with E-state index in [1.54, 1.807) is 12.1 Å². The van der Waals surface area contributed by atoms with E-state index in [1.165, 1.54) is 6.07 Å². The van der Waals surface area contributed by atoms with Crippen LogP contribution in [0.1, 0.15) is 16.0 Å². The van der Waals surface area contributed by atoms with Crippen LogP contribution in [-0.2, 0) is 6.42 Å². The van der Waals surface area contributed by atoms with E-state index in [0.717, 1.165) is 5.56 Å². The first kappa shape index (κ1) is 13.9. The number of halogens is 4. The van der Waals surface area contributed by atoms with Crippen molar-refractivity contribution in [3.8, 4) is 0 Å². The number of hydrogen-bond donors (Lipinski definition) is 0. The SMILES string of the molecule is Fc1cc(Cl)ccc1C(Br)Cc1ccccc1Cl. The van der Waals surface area contributed by atoms with Crippen LogP contribution < -0.4 is 0 Å². The molecule has 0 aliphatic carbocycles. The highest BCUT2D eigenvalue weighted by Crippen LogP contribution is 2.32. The van der Waals surface area contributed by atoms with Crippen LogP contribution in [0.4, 0.5) is 4.39 Å². The Morgan fingerprint density at radius 2 is 1.83 bits per heavy atom. The van der Waals surface area contributed by atoms with Gasteiger partial charge in [-0.05, 0) is 30.2 Å². The second kappa shape index (κ2) is 6.05. The molecular weight excluding hydrogens is 338 g/mol. The van der Waals surface area contributed by atoms with E-state index in [1.807, 2.05) is 24.3 Å². The van der Waals surface area contributed by atoms with Crippen LogP contribution in [0.15, 0.2) is 42.5 Å². The summed E-state index contributed by atoms with van der Waals surface area (Å²) < 4.78 is 13.8. The third kappa shape index (κ3) is 3.25. The van der Waals surface area contributed by atoms with E-state index in [4.69, 9.17) is 23.2 Å². The molecule has 0 bridgehead atoms. The maximum Gasteiger partial charge on any atom is 0.129 e. The average Bonchev–Trinajstić information content (AvgIpc) is 2.32. The molecule has 1 atom stereocenters. The molecule has 0 aliphatic rings. The molecule has 0 nitrogen and oxygen atoms in total. The average molecular weight is 348 g/mol. The Hall–Kier alpha value is -0.570. The lowest BCUT2D eigenvalue weighted by Crippen LogP contribution is -1.99. The Kier molecular flexibility index (Phi) is 4.66. The highest BCUT2D eigenvalue weighted by Gasteiger charge is 2.14. The first-order chi connectivity index (χ1) is 8.58. The Labute approximate surface area is 124 Å². The van der Waals surface area contributed by atoms with E-state index >= 15 is 0 Å². The van der Waals surface area contributed by atoms with Crippen molar-refractivity contribution < 1.29 is 4.39 Å². The van der Waals surface area contributed by atoms with E-state index < -0.39 is 0 Å². The van der Waals surface area contributed by atoms with Gasteiger partial charge < -0.3 is 0 Å². The van der Waals surface area contributed by atoms with Gasteiger partial charge in [-0.15, -0.1) is 0 Å². The summed E-state index contributed by atoms with van der Waals surface area (Å²) >= 11 is 15.3. The summed E-state index contributed by atoms with van der Waals surface area (Å²) in [5.41, 5.74) is 1.56. The third-order valence-electron chi connectivity index (χ3n) is 2.66. The van der Waals surface area contributed by atoms with E-state index in [-0.39, 0.29) is 10.6 Å². The molecular formula is C14H10BrCl2F. The second-order valence-corrected chi connectivity index (χ2v) is 5.88. The van der Waals surface area contributed by atoms with Crippen molar-refractivity contribution in [2.24, 2.45) is 0 Å². The lowest BCUT2D eigenvalue weighted by molar-refractivity contribution is 0.608. The van der Waals surface area contributed by atoms with Crippen LogP contribution in [0.25, 0.3) is 0 Å². The lowest BCUT2D eigenvalue weighted by Gasteiger charge is -2.12. The highest BCUT2D eigenvalue weighted by atomic mass is 79.9. The van der Waals surface area contributed by atoms with Gasteiger partial charge in [0.1, 0.15) is 5.82 Å². The van der Waals surface area contributed by atoms with Crippen molar-refractivity contribution in [3.63, 3.8) is 0 Å². The predicted octanol–water partition coefficient (Wildman–Crippen LogP) is 5.81. The van der Waals surface area contributed by atoms with Crippen molar-refractivity contribution in [1.29, 1.82) is 0 Å². The van der Waals surface area contributed by atoms with Gasteiger partial charge in [-0.25, -0.2) is 4.39 Å². The Bertz CT molecular complexity index is 557. The molecule has 18 heavy (non-hydrogen) atoms. The minimum absolute atomic E-state index is 0.130. The minimum Gasteiger partial charge on any atom is -0.207 e. The summed E-state index contributed by atoms with van der Waals surface area (Å²) in [6.45, 7) is 0. The van der Waals surface area contributed by atoms with Gasteiger partial charge in [-0.3, -0.25) is 0 Å². The summed E-state index contributed by atoms with van der Waals surface area (Å²) in [5, 5.41) is 1.09. The van der Waals surface area contributed by atoms with Gasteiger partial charge in [-0.1, -0.05) is 63.4 Å². The zero-order chi connectivity index (χ0) is 13.1. The number of hydrogen-bond acceptors (Lipinski definition) is 0. The highest BCUT2D eigenvalue weighted by molar-refractivity contribution is 9.09. The molecule has 2 rings (SSSR count). The number of rotatable bonds is 3. The fourth-order valence-corrected chi connectivity index (χ4v) is 2.81. The van der Waals surface area contributed by atoms with Crippen molar-refractivity contribution in [3.05, 3.63) is 69.5 Å². The summed E-state index contributed by atoms with van der Waals surface area (Å²) in [4.78, 5) is -0.130. The van der Waals surface area contributed by atoms with Crippen molar-refractivity contribution in [1.82, 2.24) is 0 Å². The van der Waals surface area contributed by atoms with Crippen LogP contribution in [-0.4, -0.2) is 0 Å². The molecule has 0 aliphatic heterocycles. The fraction of sp³-hybridized carbons (Fsp3) is 0.143. The first-order valence-corrected chi connectivity index (χ1v) is 7.07. The van der Waals surface area contributed by atoms with Gasteiger partial charge in [0.2, 0.25) is 0 Å². The summed E-state index contributed by atoms with van der Waals surface area (Å²) in [5.74, 6) is -0.309. The van der Waals surface area contributed by atoms with E-state index in [0.29, 0.717) is 22.0 Å². The van der Waals surface area contributed by atoms with Crippen LogP contribution in [0, 0.1) is 5.82 Å². The topological polar surface area (TPSA) is 0 Å². The molecule has 1 unspecified atom stereocenters. The number of alkyl halides is 1. The van der Waals surface area contributed by atoms with Gasteiger partial charge in [0, 0.05) is 20.4 Å². The minimum atomic E-state index is -0.309. The van der Waals surface area contributed by atoms with Crippen LogP contribution >= 0.6 is 39.1 Å². The quantitative estimate of drug-likeness (QED) is 0.614. The second-order valence-electron chi connectivity index (χ2n) is 3.93. The standard InChI is InChI=1S/C14H10BrCl2F/c15-12(7-9-3-1-2-4-13(9)17)11-6-5-10(16)8-14(11)18/h1-6,8,12H,7H2. The molecule has 4 heteroatoms. The molecule has 2 aromatic carbocycles. The van der Waals surface area contributed by atoms with Gasteiger partial charge in [-0.2, -0.15) is 0 Å². The Morgan fingerprint density at radius 1 is 1.11 bits per heavy atom. The molecule has 0 radical (unpaired) electrons. The molecule has 0 heterocycles. The fourth-order valence-electron chi connectivity index (χ4n) is 1.72. The Morgan fingerprint density at radius 3 is 2.50 bits per heavy atom. The normalized spacial score (nSPS) is 12.4. The summed E-state index contributed by atoms with van der Waals surface area (Å²) in [7, 11) is 0.